The monoisotopic (exact) mass is 574 g/mol. The summed E-state index contributed by atoms with van der Waals surface area (Å²) < 4.78 is 35.9. The summed E-state index contributed by atoms with van der Waals surface area (Å²) in [6, 6.07) is 12.5. The lowest BCUT2D eigenvalue weighted by molar-refractivity contribution is -0.132. The van der Waals surface area contributed by atoms with E-state index in [9.17, 15) is 18.5 Å². The Kier molecular flexibility index (Phi) is 7.53. The maximum atomic E-state index is 13.5. The molecule has 3 aromatic heterocycles. The molecule has 2 aliphatic rings. The Morgan fingerprint density at radius 1 is 1.07 bits per heavy atom. The molecule has 41 heavy (non-hydrogen) atoms. The Bertz CT molecular complexity index is 1710. The van der Waals surface area contributed by atoms with E-state index in [4.69, 9.17) is 9.72 Å². The Balaban J connectivity index is 1.42. The standard InChI is InChI=1S/C30H34N6O4S/c1-40-23-12-16-34(17-13-23)28(37)19-27-33-26-20-32-30-25(14-18-35(30)41(38,39)24-5-3-2-4-6-24)29(26)36(27)22-9-7-21(8-10-22)11-15-31/h2-6,14,18,20-23H,7-13,16-17,19H2,1H3. The van der Waals surface area contributed by atoms with Crippen molar-refractivity contribution in [1.82, 2.24) is 23.4 Å². The molecule has 11 heteroatoms. The second-order valence-corrected chi connectivity index (χ2v) is 12.9. The van der Waals surface area contributed by atoms with Crippen LogP contribution in [-0.4, -0.2) is 64.0 Å². The highest BCUT2D eigenvalue weighted by Gasteiger charge is 2.30. The normalized spacial score (nSPS) is 20.4. The summed E-state index contributed by atoms with van der Waals surface area (Å²) in [7, 11) is -2.14. The summed E-state index contributed by atoms with van der Waals surface area (Å²) in [6.07, 6.45) is 9.27. The van der Waals surface area contributed by atoms with Gasteiger partial charge in [0.05, 0.1) is 35.2 Å². The Morgan fingerprint density at radius 2 is 1.80 bits per heavy atom. The minimum absolute atomic E-state index is 0.0303. The predicted molar refractivity (Wildman–Crippen MR) is 154 cm³/mol. The highest BCUT2D eigenvalue weighted by atomic mass is 32.2. The first-order chi connectivity index (χ1) is 19.9. The van der Waals surface area contributed by atoms with E-state index >= 15 is 0 Å². The van der Waals surface area contributed by atoms with E-state index in [2.05, 4.69) is 15.6 Å². The predicted octanol–water partition coefficient (Wildman–Crippen LogP) is 4.45. The zero-order valence-electron chi connectivity index (χ0n) is 23.1. The third-order valence-corrected chi connectivity index (χ3v) is 10.4. The summed E-state index contributed by atoms with van der Waals surface area (Å²) in [5, 5.41) is 9.89. The lowest BCUT2D eigenvalue weighted by Crippen LogP contribution is -2.41. The molecule has 1 saturated carbocycles. The Labute approximate surface area is 239 Å². The van der Waals surface area contributed by atoms with Crippen LogP contribution in [0.3, 0.4) is 0 Å². The number of hydrogen-bond acceptors (Lipinski definition) is 7. The van der Waals surface area contributed by atoms with Gasteiger partial charge in [0.15, 0.2) is 5.65 Å². The van der Waals surface area contributed by atoms with Crippen LogP contribution < -0.4 is 0 Å². The molecule has 0 atom stereocenters. The van der Waals surface area contributed by atoms with Crippen LogP contribution in [-0.2, 0) is 26.0 Å². The van der Waals surface area contributed by atoms with Gasteiger partial charge in [0.25, 0.3) is 10.0 Å². The Hall–Kier alpha value is -3.75. The number of pyridine rings is 1. The first-order valence-corrected chi connectivity index (χ1v) is 15.7. The lowest BCUT2D eigenvalue weighted by Gasteiger charge is -2.32. The summed E-state index contributed by atoms with van der Waals surface area (Å²) in [6.45, 7) is 1.31. The van der Waals surface area contributed by atoms with E-state index < -0.39 is 10.0 Å². The van der Waals surface area contributed by atoms with Crippen molar-refractivity contribution >= 4 is 38.0 Å². The largest absolute Gasteiger partial charge is 0.381 e. The molecule has 1 saturated heterocycles. The van der Waals surface area contributed by atoms with Gasteiger partial charge in [0.2, 0.25) is 5.91 Å². The van der Waals surface area contributed by atoms with Crippen LogP contribution in [0.15, 0.2) is 53.7 Å². The molecule has 0 bridgehead atoms. The number of carbonyl (C=O) groups is 1. The molecule has 10 nitrogen and oxygen atoms in total. The molecule has 1 aliphatic heterocycles. The van der Waals surface area contributed by atoms with Gasteiger partial charge in [0.1, 0.15) is 11.3 Å². The van der Waals surface area contributed by atoms with Gasteiger partial charge in [0, 0.05) is 44.2 Å². The fourth-order valence-corrected chi connectivity index (χ4v) is 7.76. The fourth-order valence-electron chi connectivity index (χ4n) is 6.44. The molecule has 4 heterocycles. The van der Waals surface area contributed by atoms with E-state index in [1.165, 1.54) is 3.97 Å². The molecule has 0 radical (unpaired) electrons. The third-order valence-electron chi connectivity index (χ3n) is 8.70. The molecular formula is C30H34N6O4S. The number of imidazole rings is 1. The number of nitrogens with zero attached hydrogens (tertiary/aromatic N) is 6. The van der Waals surface area contributed by atoms with Gasteiger partial charge in [-0.15, -0.1) is 0 Å². The molecule has 214 valence electrons. The summed E-state index contributed by atoms with van der Waals surface area (Å²) in [4.78, 5) is 25.0. The number of carbonyl (C=O) groups excluding carboxylic acids is 1. The van der Waals surface area contributed by atoms with Gasteiger partial charge >= 0.3 is 0 Å². The minimum Gasteiger partial charge on any atom is -0.381 e. The minimum atomic E-state index is -3.85. The topological polar surface area (TPSA) is 123 Å². The van der Waals surface area contributed by atoms with Crippen LogP contribution in [0.1, 0.15) is 56.8 Å². The molecule has 6 rings (SSSR count). The van der Waals surface area contributed by atoms with E-state index in [-0.39, 0.29) is 29.4 Å². The van der Waals surface area contributed by atoms with E-state index in [0.717, 1.165) is 44.0 Å². The van der Waals surface area contributed by atoms with Gasteiger partial charge in [-0.25, -0.2) is 22.4 Å². The average molecular weight is 575 g/mol. The number of methoxy groups -OCH3 is 1. The number of nitriles is 1. The van der Waals surface area contributed by atoms with Crippen molar-refractivity contribution in [2.75, 3.05) is 20.2 Å². The fraction of sp³-hybridized carbons (Fsp3) is 0.467. The number of fused-ring (bicyclic) bond motifs is 3. The Morgan fingerprint density at radius 3 is 2.49 bits per heavy atom. The van der Waals surface area contributed by atoms with Gasteiger partial charge in [-0.3, -0.25) is 4.79 Å². The number of amides is 1. The van der Waals surface area contributed by atoms with Crippen molar-refractivity contribution < 1.29 is 17.9 Å². The first kappa shape index (κ1) is 27.4. The number of piperidine rings is 1. The zero-order valence-corrected chi connectivity index (χ0v) is 24.0. The molecule has 0 unspecified atom stereocenters. The summed E-state index contributed by atoms with van der Waals surface area (Å²) >= 11 is 0. The number of likely N-dealkylation sites (tertiary alicyclic amines) is 1. The number of rotatable bonds is 7. The van der Waals surface area contributed by atoms with Gasteiger partial charge in [-0.05, 0) is 62.6 Å². The van der Waals surface area contributed by atoms with Crippen molar-refractivity contribution in [1.29, 1.82) is 5.26 Å². The van der Waals surface area contributed by atoms with Crippen LogP contribution >= 0.6 is 0 Å². The highest BCUT2D eigenvalue weighted by Crippen LogP contribution is 2.38. The molecule has 1 amide bonds. The maximum absolute atomic E-state index is 13.5. The number of benzene rings is 1. The zero-order chi connectivity index (χ0) is 28.6. The van der Waals surface area contributed by atoms with Crippen molar-refractivity contribution in [2.45, 2.75) is 68.4 Å². The molecule has 1 aromatic carbocycles. The van der Waals surface area contributed by atoms with Crippen molar-refractivity contribution in [3.63, 3.8) is 0 Å². The van der Waals surface area contributed by atoms with Crippen LogP contribution in [0.25, 0.3) is 22.1 Å². The van der Waals surface area contributed by atoms with Gasteiger partial charge in [-0.2, -0.15) is 5.26 Å². The molecule has 2 fully saturated rings. The number of ether oxygens (including phenoxy) is 1. The smallest absolute Gasteiger partial charge is 0.269 e. The summed E-state index contributed by atoms with van der Waals surface area (Å²) in [5.74, 6) is 1.08. The first-order valence-electron chi connectivity index (χ1n) is 14.3. The number of hydrogen-bond donors (Lipinski definition) is 0. The van der Waals surface area contributed by atoms with Crippen molar-refractivity contribution in [3.05, 3.63) is 54.6 Å². The quantitative estimate of drug-likeness (QED) is 0.320. The molecular weight excluding hydrogens is 540 g/mol. The van der Waals surface area contributed by atoms with E-state index in [0.29, 0.717) is 47.8 Å². The van der Waals surface area contributed by atoms with Crippen LogP contribution in [0, 0.1) is 17.2 Å². The van der Waals surface area contributed by atoms with E-state index in [1.807, 2.05) is 4.90 Å². The van der Waals surface area contributed by atoms with Gasteiger partial charge < -0.3 is 14.2 Å². The molecule has 0 N–H and O–H groups in total. The second-order valence-electron chi connectivity index (χ2n) is 11.1. The van der Waals surface area contributed by atoms with E-state index in [1.54, 1.807) is 55.9 Å². The van der Waals surface area contributed by atoms with Crippen LogP contribution in [0.2, 0.25) is 0 Å². The van der Waals surface area contributed by atoms with Crippen molar-refractivity contribution in [3.8, 4) is 6.07 Å². The SMILES string of the molecule is COC1CCN(C(=O)Cc2nc3cnc4c(ccn4S(=O)(=O)c4ccccc4)c3n2C2CCC(CC#N)CC2)CC1. The maximum Gasteiger partial charge on any atom is 0.269 e. The molecule has 1 aliphatic carbocycles. The summed E-state index contributed by atoms with van der Waals surface area (Å²) in [5.41, 5.74) is 1.79. The molecule has 4 aromatic rings. The van der Waals surface area contributed by atoms with Crippen LogP contribution in [0.5, 0.6) is 0 Å². The average Bonchev–Trinajstić information content (AvgIpc) is 3.60. The lowest BCUT2D eigenvalue weighted by atomic mass is 9.84. The third kappa shape index (κ3) is 5.11. The van der Waals surface area contributed by atoms with Crippen LogP contribution in [0.4, 0.5) is 0 Å². The number of aromatic nitrogens is 4. The van der Waals surface area contributed by atoms with Gasteiger partial charge in [-0.1, -0.05) is 18.2 Å². The molecule has 0 spiro atoms. The highest BCUT2D eigenvalue weighted by molar-refractivity contribution is 7.90. The van der Waals surface area contributed by atoms with Crippen molar-refractivity contribution in [2.24, 2.45) is 5.92 Å². The second kappa shape index (κ2) is 11.3.